The van der Waals surface area contributed by atoms with Crippen molar-refractivity contribution in [2.24, 2.45) is 0 Å². The normalized spacial score (nSPS) is 18.5. The zero-order valence-corrected chi connectivity index (χ0v) is 20.6. The molecule has 2 amide bonds. The summed E-state index contributed by atoms with van der Waals surface area (Å²) in [5.74, 6) is 0.734. The van der Waals surface area contributed by atoms with Crippen LogP contribution in [-0.4, -0.2) is 71.8 Å². The molecule has 1 aromatic heterocycles. The number of carbonyl (C=O) groups is 1. The Hall–Kier alpha value is -3.20. The Morgan fingerprint density at radius 1 is 1.11 bits per heavy atom. The zero-order valence-electron chi connectivity index (χ0n) is 20.6. The summed E-state index contributed by atoms with van der Waals surface area (Å²) in [4.78, 5) is 15.5. The summed E-state index contributed by atoms with van der Waals surface area (Å²) in [6.07, 6.45) is 0. The Morgan fingerprint density at radius 2 is 1.80 bits per heavy atom. The molecule has 8 nitrogen and oxygen atoms in total. The molecule has 0 bridgehead atoms. The van der Waals surface area contributed by atoms with Gasteiger partial charge in [0.25, 0.3) is 0 Å². The fourth-order valence-electron chi connectivity index (χ4n) is 4.44. The molecule has 1 aliphatic heterocycles. The maximum atomic E-state index is 13.2. The molecule has 1 fully saturated rings. The van der Waals surface area contributed by atoms with E-state index in [4.69, 9.17) is 9.84 Å². The van der Waals surface area contributed by atoms with E-state index in [2.05, 4.69) is 27.7 Å². The number of nitrogens with zero attached hydrogens (tertiary/aromatic N) is 3. The third kappa shape index (κ3) is 5.90. The molecule has 3 aromatic rings. The molecule has 0 unspecified atom stereocenters. The van der Waals surface area contributed by atoms with E-state index in [0.717, 1.165) is 25.3 Å². The summed E-state index contributed by atoms with van der Waals surface area (Å²) < 4.78 is 6.97. The number of ether oxygens (including phenoxy) is 1. The van der Waals surface area contributed by atoms with Gasteiger partial charge in [-0.05, 0) is 17.7 Å². The molecule has 1 saturated heterocycles. The number of aliphatic hydroxyl groups is 1. The van der Waals surface area contributed by atoms with Crippen molar-refractivity contribution >= 4 is 11.8 Å². The number of aromatic nitrogens is 2. The molecule has 0 saturated carbocycles. The Morgan fingerprint density at radius 3 is 2.46 bits per heavy atom. The molecule has 8 heteroatoms. The first-order chi connectivity index (χ1) is 16.9. The van der Waals surface area contributed by atoms with E-state index < -0.39 is 5.41 Å². The van der Waals surface area contributed by atoms with Gasteiger partial charge in [-0.25, -0.2) is 9.48 Å². The molecule has 35 heavy (non-hydrogen) atoms. The molecule has 2 aromatic carbocycles. The number of aliphatic hydroxyl groups excluding tert-OH is 1. The molecule has 3 N–H and O–H groups in total. The van der Waals surface area contributed by atoms with Gasteiger partial charge in [0.2, 0.25) is 0 Å². The van der Waals surface area contributed by atoms with Crippen LogP contribution < -0.4 is 10.6 Å². The first kappa shape index (κ1) is 24.9. The lowest BCUT2D eigenvalue weighted by Gasteiger charge is -2.20. The second-order valence-corrected chi connectivity index (χ2v) is 9.68. The van der Waals surface area contributed by atoms with Crippen LogP contribution in [0.5, 0.6) is 0 Å². The van der Waals surface area contributed by atoms with Gasteiger partial charge in [-0.2, -0.15) is 5.10 Å². The highest BCUT2D eigenvalue weighted by Crippen LogP contribution is 2.29. The van der Waals surface area contributed by atoms with Crippen molar-refractivity contribution in [2.45, 2.75) is 31.2 Å². The van der Waals surface area contributed by atoms with E-state index >= 15 is 0 Å². The number of para-hydroxylation sites is 1. The van der Waals surface area contributed by atoms with Crippen molar-refractivity contribution in [3.63, 3.8) is 0 Å². The highest BCUT2D eigenvalue weighted by molar-refractivity contribution is 5.89. The van der Waals surface area contributed by atoms with Crippen LogP contribution in [-0.2, 0) is 10.2 Å². The van der Waals surface area contributed by atoms with E-state index in [9.17, 15) is 9.90 Å². The van der Waals surface area contributed by atoms with Crippen LogP contribution in [0, 0.1) is 0 Å². The van der Waals surface area contributed by atoms with Crippen molar-refractivity contribution in [1.82, 2.24) is 20.0 Å². The second-order valence-electron chi connectivity index (χ2n) is 9.68. The van der Waals surface area contributed by atoms with E-state index in [1.807, 2.05) is 68.4 Å². The first-order valence-corrected chi connectivity index (χ1v) is 12.0. The number of anilines is 1. The highest BCUT2D eigenvalue weighted by Gasteiger charge is 2.35. The number of nitrogens with one attached hydrogen (secondary N) is 2. The molecule has 4 rings (SSSR count). The summed E-state index contributed by atoms with van der Waals surface area (Å²) >= 11 is 0. The van der Waals surface area contributed by atoms with E-state index in [0.29, 0.717) is 18.1 Å². The predicted molar refractivity (Wildman–Crippen MR) is 137 cm³/mol. The van der Waals surface area contributed by atoms with E-state index in [-0.39, 0.29) is 24.6 Å². The fraction of sp³-hybridized carbons (Fsp3) is 0.407. The maximum absolute atomic E-state index is 13.2. The second kappa shape index (κ2) is 11.0. The monoisotopic (exact) mass is 477 g/mol. The number of amides is 2. The summed E-state index contributed by atoms with van der Waals surface area (Å²) in [6.45, 7) is 6.87. The van der Waals surface area contributed by atoms with Crippen molar-refractivity contribution < 1.29 is 14.6 Å². The van der Waals surface area contributed by atoms with E-state index in [1.54, 1.807) is 11.8 Å². The highest BCUT2D eigenvalue weighted by atomic mass is 16.5. The van der Waals surface area contributed by atoms with E-state index in [1.165, 1.54) is 5.56 Å². The van der Waals surface area contributed by atoms with Crippen LogP contribution in [0.2, 0.25) is 0 Å². The number of urea groups is 1. The predicted octanol–water partition coefficient (Wildman–Crippen LogP) is 3.38. The minimum atomic E-state index is -0.543. The quantitative estimate of drug-likeness (QED) is 0.440. The molecule has 2 atom stereocenters. The van der Waals surface area contributed by atoms with Crippen molar-refractivity contribution in [3.8, 4) is 5.69 Å². The topological polar surface area (TPSA) is 91.7 Å². The number of benzene rings is 2. The van der Waals surface area contributed by atoms with Crippen LogP contribution in [0.25, 0.3) is 5.69 Å². The van der Waals surface area contributed by atoms with Crippen molar-refractivity contribution in [1.29, 1.82) is 0 Å². The number of hydrogen-bond donors (Lipinski definition) is 3. The average molecular weight is 478 g/mol. The number of hydrogen-bond acceptors (Lipinski definition) is 5. The van der Waals surface area contributed by atoms with Gasteiger partial charge in [-0.15, -0.1) is 0 Å². The van der Waals surface area contributed by atoms with Gasteiger partial charge in [0, 0.05) is 44.1 Å². The third-order valence-corrected chi connectivity index (χ3v) is 6.59. The summed E-state index contributed by atoms with van der Waals surface area (Å²) in [6, 6.07) is 21.5. The Labute approximate surface area is 206 Å². The fourth-order valence-corrected chi connectivity index (χ4v) is 4.44. The maximum Gasteiger partial charge on any atom is 0.320 e. The molecule has 0 spiro atoms. The number of carbonyl (C=O) groups excluding carboxylic acids is 1. The van der Waals surface area contributed by atoms with Crippen molar-refractivity contribution in [2.75, 3.05) is 45.3 Å². The van der Waals surface area contributed by atoms with Crippen LogP contribution in [0.3, 0.4) is 0 Å². The van der Waals surface area contributed by atoms with Crippen LogP contribution in [0.15, 0.2) is 66.7 Å². The summed E-state index contributed by atoms with van der Waals surface area (Å²) in [5, 5.41) is 20.8. The minimum Gasteiger partial charge on any atom is -0.395 e. The van der Waals surface area contributed by atoms with Gasteiger partial charge in [-0.3, -0.25) is 10.2 Å². The Bertz CT molecular complexity index is 1100. The molecular weight excluding hydrogens is 442 g/mol. The summed E-state index contributed by atoms with van der Waals surface area (Å²) in [7, 11) is 1.70. The average Bonchev–Trinajstić information content (AvgIpc) is 3.48. The summed E-state index contributed by atoms with van der Waals surface area (Å²) in [5.41, 5.74) is 2.20. The largest absolute Gasteiger partial charge is 0.395 e. The standard InChI is InChI=1S/C27H35N5O3/c1-27(2,19-33)24-16-25(32(30-24)21-12-8-5-9-13-21)29-26(34)28-23-18-31(14-15-35-3)17-22(23)20-10-6-4-7-11-20/h4-13,16,22-23,33H,14-15,17-19H2,1-3H3,(H2,28,29,34)/t22-,23+/m0/s1. The lowest BCUT2D eigenvalue weighted by molar-refractivity contribution is 0.159. The van der Waals surface area contributed by atoms with Gasteiger partial charge in [0.05, 0.1) is 30.6 Å². The third-order valence-electron chi connectivity index (χ3n) is 6.59. The SMILES string of the molecule is COCCN1C[C@@H](NC(=O)Nc2cc(C(C)(C)CO)nn2-c2ccccc2)[C@H](c2ccccc2)C1. The van der Waals surface area contributed by atoms with Gasteiger partial charge >= 0.3 is 6.03 Å². The lowest BCUT2D eigenvalue weighted by Crippen LogP contribution is -2.42. The zero-order chi connectivity index (χ0) is 24.8. The molecule has 2 heterocycles. The van der Waals surface area contributed by atoms with Gasteiger partial charge in [-0.1, -0.05) is 62.4 Å². The molecular formula is C27H35N5O3. The van der Waals surface area contributed by atoms with Crippen LogP contribution in [0.4, 0.5) is 10.6 Å². The van der Waals surface area contributed by atoms with Gasteiger partial charge < -0.3 is 15.2 Å². The minimum absolute atomic E-state index is 0.0456. The smallest absolute Gasteiger partial charge is 0.320 e. The lowest BCUT2D eigenvalue weighted by atomic mass is 9.91. The van der Waals surface area contributed by atoms with Crippen LogP contribution >= 0.6 is 0 Å². The van der Waals surface area contributed by atoms with Gasteiger partial charge in [0.15, 0.2) is 0 Å². The Balaban J connectivity index is 1.55. The van der Waals surface area contributed by atoms with Gasteiger partial charge in [0.1, 0.15) is 5.82 Å². The molecule has 186 valence electrons. The Kier molecular flexibility index (Phi) is 7.85. The van der Waals surface area contributed by atoms with Crippen molar-refractivity contribution in [3.05, 3.63) is 78.0 Å². The number of likely N-dealkylation sites (tertiary alicyclic amines) is 1. The number of rotatable bonds is 9. The van der Waals surface area contributed by atoms with Crippen LogP contribution in [0.1, 0.15) is 31.0 Å². The molecule has 0 aliphatic carbocycles. The molecule has 1 aliphatic rings. The number of methoxy groups -OCH3 is 1. The molecule has 0 radical (unpaired) electrons. The first-order valence-electron chi connectivity index (χ1n) is 12.0.